The minimum Gasteiger partial charge on any atom is -0.455 e. The molecule has 61 heavy (non-hydrogen) atoms. The largest absolute Gasteiger partial charge is 0.455 e. The monoisotopic (exact) mass is 800 g/mol. The Kier molecular flexibility index (Phi) is 4.52. The molecule has 0 N–H and O–H groups in total. The molecule has 0 aliphatic carbocycles. The Morgan fingerprint density at radius 3 is 1.69 bits per heavy atom. The van der Waals surface area contributed by atoms with Gasteiger partial charge in [0.05, 0.1) is 46.9 Å². The van der Waals surface area contributed by atoms with Crippen LogP contribution in [-0.2, 0) is 0 Å². The van der Waals surface area contributed by atoms with E-state index in [1.807, 2.05) is 72.8 Å². The maximum atomic E-state index is 9.79. The second-order valence-electron chi connectivity index (χ2n) is 14.0. The molecule has 286 valence electrons. The lowest BCUT2D eigenvalue weighted by Gasteiger charge is -2.26. The lowest BCUT2D eigenvalue weighted by molar-refractivity contribution is 0.674. The van der Waals surface area contributed by atoms with Crippen molar-refractivity contribution in [2.75, 3.05) is 4.90 Å². The molecule has 0 saturated heterocycles. The Balaban J connectivity index is 1.12. The van der Waals surface area contributed by atoms with E-state index in [-0.39, 0.29) is 16.5 Å². The van der Waals surface area contributed by atoms with Crippen molar-refractivity contribution in [3.8, 4) is 39.1 Å². The first-order chi connectivity index (χ1) is 39.4. The van der Waals surface area contributed by atoms with Crippen molar-refractivity contribution in [2.45, 2.75) is 0 Å². The Hall–Kier alpha value is -8.14. The van der Waals surface area contributed by atoms with Crippen molar-refractivity contribution in [2.24, 2.45) is 0 Å². The summed E-state index contributed by atoms with van der Waals surface area (Å²) in [6.07, 6.45) is 0. The first-order valence-electron chi connectivity index (χ1n) is 30.1. The van der Waals surface area contributed by atoms with Gasteiger partial charge in [-0.05, 0) is 88.2 Å². The fraction of sp³-hybridized carbons (Fsp3) is 0. The molecule has 0 aliphatic rings. The highest BCUT2D eigenvalue weighted by atomic mass is 16.3. The van der Waals surface area contributed by atoms with Crippen molar-refractivity contribution < 1.29 is 34.6 Å². The van der Waals surface area contributed by atoms with Gasteiger partial charge in [0.2, 0.25) is 0 Å². The van der Waals surface area contributed by atoms with Crippen LogP contribution in [0.3, 0.4) is 0 Å². The topological polar surface area (TPSA) is 21.3 Å². The number of hydrogen-bond acceptors (Lipinski definition) is 2. The summed E-state index contributed by atoms with van der Waals surface area (Å²) < 4.78 is 207. The van der Waals surface area contributed by atoms with Gasteiger partial charge < -0.3 is 13.9 Å². The Morgan fingerprint density at radius 1 is 0.361 bits per heavy atom. The lowest BCUT2D eigenvalue weighted by atomic mass is 10.0. The highest BCUT2D eigenvalue weighted by molar-refractivity contribution is 6.17. The normalized spacial score (nSPS) is 16.7. The highest BCUT2D eigenvalue weighted by Gasteiger charge is 2.19. The summed E-state index contributed by atoms with van der Waals surface area (Å²) in [6, 6.07) is 12.1. The van der Waals surface area contributed by atoms with Crippen molar-refractivity contribution in [1.82, 2.24) is 4.57 Å². The fourth-order valence-electron chi connectivity index (χ4n) is 7.83. The maximum absolute atomic E-state index is 9.79. The van der Waals surface area contributed by atoms with Gasteiger partial charge in [-0.1, -0.05) is 169 Å². The minimum absolute atomic E-state index is 0.0357. The van der Waals surface area contributed by atoms with Gasteiger partial charge in [0.1, 0.15) is 11.2 Å². The van der Waals surface area contributed by atoms with Crippen LogP contribution in [0, 0.1) is 0 Å². The number of furan rings is 1. The fourth-order valence-corrected chi connectivity index (χ4v) is 7.83. The van der Waals surface area contributed by atoms with Crippen LogP contribution < -0.4 is 4.90 Å². The first kappa shape index (κ1) is 19.3. The quantitative estimate of drug-likeness (QED) is 0.160. The van der Waals surface area contributed by atoms with Crippen LogP contribution in [0.1, 0.15) is 30.2 Å². The molecule has 2 heterocycles. The standard InChI is InChI=1S/C58H38N2O/c1-2-13-39(14-3-1)40-25-32-44(33-26-40)59(46-36-29-43(30-37-46)49-20-12-21-52-53-38-31-41-15-4-5-17-48(41)58(53)61-57(49)52)45-34-27-42(28-35-45)47-16-6-9-22-54(47)60-55-23-10-7-18-50(55)51-19-8-11-24-56(51)60/h1-38H/i1D,2D,3D,4D,5D,12D,13D,14D,15D,17D,20D,21D,25D,26D,29D,30D,31D,32D,33D,36D,37D,38D. The van der Waals surface area contributed by atoms with E-state index in [1.165, 1.54) is 12.1 Å². The van der Waals surface area contributed by atoms with E-state index in [2.05, 4.69) is 4.57 Å². The molecular weight excluding hydrogens is 741 g/mol. The van der Waals surface area contributed by atoms with Gasteiger partial charge in [0.15, 0.2) is 0 Å². The number of hydrogen-bond donors (Lipinski definition) is 0. The summed E-state index contributed by atoms with van der Waals surface area (Å²) >= 11 is 0. The highest BCUT2D eigenvalue weighted by Crippen LogP contribution is 2.42. The first-order valence-corrected chi connectivity index (χ1v) is 19.1. The number of para-hydroxylation sites is 4. The molecule has 0 fully saturated rings. The summed E-state index contributed by atoms with van der Waals surface area (Å²) in [4.78, 5) is 0.975. The molecule has 0 aliphatic heterocycles. The third kappa shape index (κ3) is 5.82. The summed E-state index contributed by atoms with van der Waals surface area (Å²) in [5.41, 5.74) is -0.900. The number of fused-ring (bicyclic) bond motifs is 8. The van der Waals surface area contributed by atoms with Gasteiger partial charge in [0.25, 0.3) is 0 Å². The molecular formula is C58H38N2O. The molecule has 0 saturated carbocycles. The Labute approximate surface area is 384 Å². The minimum atomic E-state index is -0.917. The number of nitrogens with zero attached hydrogens (tertiary/aromatic N) is 2. The summed E-state index contributed by atoms with van der Waals surface area (Å²) in [5.74, 6) is 0. The van der Waals surface area contributed by atoms with Crippen LogP contribution in [0.2, 0.25) is 0 Å². The predicted molar refractivity (Wildman–Crippen MR) is 257 cm³/mol. The van der Waals surface area contributed by atoms with E-state index in [9.17, 15) is 12.3 Å². The summed E-state index contributed by atoms with van der Waals surface area (Å²) in [5, 5.41) is 0.515. The molecule has 3 nitrogen and oxygen atoms in total. The molecule has 0 atom stereocenters. The van der Waals surface area contributed by atoms with Gasteiger partial charge >= 0.3 is 0 Å². The Morgan fingerprint density at radius 2 is 0.951 bits per heavy atom. The molecule has 0 spiro atoms. The van der Waals surface area contributed by atoms with Crippen LogP contribution in [0.5, 0.6) is 0 Å². The second-order valence-corrected chi connectivity index (χ2v) is 14.0. The molecule has 0 unspecified atom stereocenters. The van der Waals surface area contributed by atoms with E-state index in [0.717, 1.165) is 38.0 Å². The molecule has 10 aromatic carbocycles. The van der Waals surface area contributed by atoms with Crippen molar-refractivity contribution in [3.05, 3.63) is 230 Å². The van der Waals surface area contributed by atoms with Crippen LogP contribution in [0.25, 0.3) is 93.6 Å². The van der Waals surface area contributed by atoms with E-state index in [0.29, 0.717) is 5.56 Å². The molecule has 0 bridgehead atoms. The number of aromatic nitrogens is 1. The Bertz CT molecular complexity index is 4760. The maximum Gasteiger partial charge on any atom is 0.143 e. The molecule has 2 aromatic heterocycles. The third-order valence-electron chi connectivity index (χ3n) is 10.6. The van der Waals surface area contributed by atoms with Crippen molar-refractivity contribution in [3.63, 3.8) is 0 Å². The molecule has 12 aromatic rings. The summed E-state index contributed by atoms with van der Waals surface area (Å²) in [6.45, 7) is 0. The molecule has 0 radical (unpaired) electrons. The van der Waals surface area contributed by atoms with Crippen LogP contribution >= 0.6 is 0 Å². The number of rotatable bonds is 7. The van der Waals surface area contributed by atoms with Crippen molar-refractivity contribution in [1.29, 1.82) is 0 Å². The van der Waals surface area contributed by atoms with Gasteiger partial charge in [-0.3, -0.25) is 0 Å². The van der Waals surface area contributed by atoms with Crippen LogP contribution in [0.15, 0.2) is 234 Å². The smallest absolute Gasteiger partial charge is 0.143 e. The van der Waals surface area contributed by atoms with Gasteiger partial charge in [-0.2, -0.15) is 0 Å². The van der Waals surface area contributed by atoms with Gasteiger partial charge in [0, 0.05) is 55.1 Å². The van der Waals surface area contributed by atoms with Gasteiger partial charge in [-0.15, -0.1) is 0 Å². The number of anilines is 3. The summed E-state index contributed by atoms with van der Waals surface area (Å²) in [7, 11) is 0. The van der Waals surface area contributed by atoms with Crippen molar-refractivity contribution >= 4 is 71.6 Å². The molecule has 3 heteroatoms. The lowest BCUT2D eigenvalue weighted by Crippen LogP contribution is -2.09. The zero-order valence-corrected chi connectivity index (χ0v) is 31.5. The zero-order chi connectivity index (χ0) is 59.4. The van der Waals surface area contributed by atoms with Crippen LogP contribution in [-0.4, -0.2) is 4.57 Å². The average Bonchev–Trinajstić information content (AvgIpc) is 2.09. The van der Waals surface area contributed by atoms with E-state index in [1.54, 1.807) is 12.1 Å². The van der Waals surface area contributed by atoms with E-state index >= 15 is 0 Å². The third-order valence-corrected chi connectivity index (χ3v) is 10.6. The van der Waals surface area contributed by atoms with E-state index in [4.69, 9.17) is 22.2 Å². The van der Waals surface area contributed by atoms with Crippen LogP contribution in [0.4, 0.5) is 17.1 Å². The predicted octanol–water partition coefficient (Wildman–Crippen LogP) is 16.3. The molecule has 0 amide bonds. The second kappa shape index (κ2) is 14.3. The molecule has 12 rings (SSSR count). The van der Waals surface area contributed by atoms with E-state index < -0.39 is 189 Å². The van der Waals surface area contributed by atoms with Gasteiger partial charge in [-0.25, -0.2) is 0 Å². The zero-order valence-electron chi connectivity index (χ0n) is 53.5. The average molecular weight is 801 g/mol. The number of benzene rings is 10. The SMILES string of the molecule is [2H]c1c([2H])c([2H])c(-c2c([2H])c([2H])c(N(c3ccc(-c4ccccc4-n4c5ccccc5c5ccccc54)cc3)c3c([2H])c([2H])c(-c4c([2H])c([2H])c([2H])c5c4oc4c6c([2H])c([2H])c([2H])c([2H])c6c([2H])c([2H])c45)c([2H])c3[2H])c([2H])c2[2H])c([2H])c1[2H].